The Morgan fingerprint density at radius 3 is 0.843 bits per heavy atom. The molecule has 0 saturated heterocycles. The minimum atomic E-state index is -4.66. The molecule has 20 N–H and O–H groups in total. The second kappa shape index (κ2) is 89.4. The third-order valence-electron chi connectivity index (χ3n) is 2.87. The number of aldehydes is 1. The number of ketones is 1. The molecule has 0 heterocycles. The highest BCUT2D eigenvalue weighted by Crippen LogP contribution is 2.61. The summed E-state index contributed by atoms with van der Waals surface area (Å²) in [5.41, 5.74) is 24.2. The van der Waals surface area contributed by atoms with Crippen molar-refractivity contribution in [1.82, 2.24) is 0 Å². The molecule has 0 aliphatic carbocycles. The Kier molecular flexibility index (Phi) is 149. The van der Waals surface area contributed by atoms with Crippen molar-refractivity contribution in [3.8, 4) is 0 Å². The summed E-state index contributed by atoms with van der Waals surface area (Å²) in [6.45, 7) is 34.8. The number of aliphatic carboxylic acids is 1. The number of amidine groups is 1. The van der Waals surface area contributed by atoms with Gasteiger partial charge in [-0.3, -0.25) is 38.3 Å². The Balaban J connectivity index is -0.0000000292. The van der Waals surface area contributed by atoms with Gasteiger partial charge in [-0.1, -0.05) is 118 Å². The number of nitrogens with zero attached hydrogens (tertiary/aromatic N) is 1. The summed E-state index contributed by atoms with van der Waals surface area (Å²) in [6, 6.07) is 0. The monoisotopic (exact) mass is 1140 g/mol. The quantitative estimate of drug-likeness (QED) is 0.0428. The fraction of sp³-hybridized carbons (Fsp3) is 0.842. The average Bonchev–Trinajstić information content (AvgIpc) is 3.12. The van der Waals surface area contributed by atoms with Crippen molar-refractivity contribution in [2.45, 2.75) is 183 Å². The van der Waals surface area contributed by atoms with E-state index in [1.165, 1.54) is 54.4 Å². The lowest BCUT2D eigenvalue weighted by Crippen LogP contribution is -2.22. The normalized spacial score (nSPS) is 8.61. The van der Waals surface area contributed by atoms with Gasteiger partial charge in [0.25, 0.3) is 0 Å². The predicted octanol–water partition coefficient (Wildman–Crippen LogP) is 6.11. The average molecular weight is 1140 g/mol. The lowest BCUT2D eigenvalue weighted by Gasteiger charge is -2.16. The number of rotatable bonds is 8. The highest BCUT2D eigenvalue weighted by atomic mass is 32.2. The number of carbonyl (C=O) groups is 4. The number of Topliss-reactive ketones (excluding diaryl/α,β-unsaturated/α-hetero) is 1. The van der Waals surface area contributed by atoms with E-state index in [0.29, 0.717) is 19.2 Å². The number of primary amides is 1. The van der Waals surface area contributed by atoms with Gasteiger partial charge in [0.05, 0.1) is 16.0 Å². The molecule has 0 bridgehead atoms. The summed E-state index contributed by atoms with van der Waals surface area (Å²) in [5, 5.41) is 12.4. The summed E-state index contributed by atoms with van der Waals surface area (Å²) in [4.78, 5) is 105. The van der Waals surface area contributed by atoms with E-state index in [1.807, 2.05) is 41.5 Å². The Morgan fingerprint density at radius 1 is 0.700 bits per heavy atom. The number of guanidine groups is 1. The molecule has 0 saturated carbocycles. The Morgan fingerprint density at radius 2 is 0.843 bits per heavy atom. The maximum atomic E-state index is 10.4. The molecule has 0 rings (SSSR count). The van der Waals surface area contributed by atoms with Crippen molar-refractivity contribution >= 4 is 76.2 Å². The van der Waals surface area contributed by atoms with Gasteiger partial charge in [0.2, 0.25) is 5.91 Å². The molecule has 0 aliphatic heterocycles. The number of amides is 1. The number of nitrogens with one attached hydrogen (secondary N) is 1. The van der Waals surface area contributed by atoms with Crippen LogP contribution in [0.2, 0.25) is 0 Å². The van der Waals surface area contributed by atoms with E-state index in [2.05, 4.69) is 45.3 Å². The van der Waals surface area contributed by atoms with Crippen LogP contribution in [0.5, 0.6) is 0 Å². The van der Waals surface area contributed by atoms with E-state index in [-0.39, 0.29) is 57.3 Å². The van der Waals surface area contributed by atoms with Crippen LogP contribution in [0.4, 0.5) is 0 Å². The highest BCUT2D eigenvalue weighted by Gasteiger charge is 2.41. The highest BCUT2D eigenvalue weighted by molar-refractivity contribution is 7.84. The lowest BCUT2D eigenvalue weighted by molar-refractivity contribution is -0.136. The first-order chi connectivity index (χ1) is 30.2. The molecule has 0 fully saturated rings. The van der Waals surface area contributed by atoms with Crippen molar-refractivity contribution in [3.63, 3.8) is 0 Å². The number of carboxylic acid groups (broad SMARTS) is 1. The Bertz CT molecular complexity index is 1300. The van der Waals surface area contributed by atoms with Gasteiger partial charge in [-0.2, -0.15) is 0 Å². The first kappa shape index (κ1) is 117. The van der Waals surface area contributed by atoms with Gasteiger partial charge in [-0.05, 0) is 47.1 Å². The lowest BCUT2D eigenvalue weighted by atomic mass is 10.5. The van der Waals surface area contributed by atoms with Crippen LogP contribution in [0.3, 0.4) is 0 Å². The number of aliphatic imine (C=N–C) groups is 1. The topological polar surface area (TPSA) is 542 Å². The number of nitrogens with two attached hydrogens (primary N) is 5. The zero-order valence-corrected chi connectivity index (χ0v) is 49.0. The predicted molar refractivity (Wildman–Crippen MR) is 291 cm³/mol. The van der Waals surface area contributed by atoms with Gasteiger partial charge >= 0.3 is 36.4 Å². The second-order valence-corrected chi connectivity index (χ2v) is 20.1. The van der Waals surface area contributed by atoms with E-state index in [1.54, 1.807) is 6.92 Å². The zero-order chi connectivity index (χ0) is 59.7. The number of carbonyl (C=O) groups excluding carboxylic acids is 3. The maximum absolute atomic E-state index is 10.4. The van der Waals surface area contributed by atoms with Crippen LogP contribution >= 0.6 is 30.4 Å². The standard InChI is InChI=1S/C3H9N3.C3H8N2.C3H9N.C3H10O6P2.C3H6O2.C3H6O.2C3H8.C2H5NO.C2H7O3P.C2H4O.2C2H6.CH5O3P.CH4O3S.2CH4/c1-2-6-3(4)5;1-2-3(4)5;1-2-3-4;1-2-3(10(4,5)6)11(7,8)9;1-2-3(4)5;1-3(2)4;2*1-3-2;1-2(3)4;1-2-6(3,4)5;1-2-3;2*1-2;2*1-5(2,3)4;;/h2H2,1H3,(H4,4,5,6);2H2,1H3,(H3,4,5);2-4H2,1H3;3H,2H2,1H3,(H2,4,5,6)(H2,7,8,9);2H2,1H3,(H,4,5);1-2H3;2*3H2,1-2H3;1H3,(H2,3,4);2H2,1H3,(H2,3,4,5);2H,1H3;2*1-2H3;1H3,(H2,2,3,4);1H3,(H,2,3,4);2*1H4/p-1. The molecule has 0 radical (unpaired) electrons. The van der Waals surface area contributed by atoms with Gasteiger partial charge in [-0.25, -0.2) is 8.42 Å². The fourth-order valence-electron chi connectivity index (χ4n) is 0.854. The van der Waals surface area contributed by atoms with Crippen LogP contribution in [0.1, 0.15) is 178 Å². The number of hydrogen-bond acceptors (Lipinski definition) is 14. The van der Waals surface area contributed by atoms with E-state index < -0.39 is 51.9 Å². The van der Waals surface area contributed by atoms with Gasteiger partial charge < -0.3 is 87.1 Å². The molecule has 442 valence electrons. The molecule has 70 heavy (non-hydrogen) atoms. The molecule has 0 aromatic heterocycles. The van der Waals surface area contributed by atoms with E-state index in [9.17, 15) is 32.6 Å². The third-order valence-corrected chi connectivity index (χ3v) is 7.78. The summed E-state index contributed by atoms with van der Waals surface area (Å²) in [5.74, 6) is -0.493. The molecule has 0 aromatic rings. The SMILES string of the molecule is C.C.CC.CC.CC(C)=O.CC(N)=O.CC=O.CCC.CCC.CCC(=N)N.CCC(=O)O.CCC(P(=O)(O)O)P(=O)(O)O.CCCN.CCN=C(N)N.CCP(=O)(O)O.CP(=O)(O)O.CS(=O)(=O)[O-]. The summed E-state index contributed by atoms with van der Waals surface area (Å²) >= 11 is 0. The molecule has 0 unspecified atom stereocenters. The molecule has 1 amide bonds. The summed E-state index contributed by atoms with van der Waals surface area (Å²) < 4.78 is 67.1. The number of carboxylic acids is 1. The van der Waals surface area contributed by atoms with Crippen molar-refractivity contribution in [2.75, 3.05) is 32.2 Å². The fourth-order valence-corrected chi connectivity index (χ4v) is 3.37. The van der Waals surface area contributed by atoms with Crippen LogP contribution in [0, 0.1) is 5.41 Å². The summed E-state index contributed by atoms with van der Waals surface area (Å²) in [7, 11) is -20.5. The first-order valence-corrected chi connectivity index (χ1v) is 29.7. The maximum Gasteiger partial charge on any atom is 0.340 e. The second-order valence-electron chi connectivity index (χ2n) is 11.1. The molecule has 0 atom stereocenters. The van der Waals surface area contributed by atoms with Crippen LogP contribution < -0.4 is 28.7 Å². The minimum absolute atomic E-state index is 0. The van der Waals surface area contributed by atoms with Crippen LogP contribution in [-0.2, 0) is 47.6 Å². The van der Waals surface area contributed by atoms with Gasteiger partial charge in [-0.15, -0.1) is 0 Å². The molecule has 0 aliphatic rings. The van der Waals surface area contributed by atoms with Crippen molar-refractivity contribution < 1.29 is 94.7 Å². The minimum Gasteiger partial charge on any atom is -0.748 e. The van der Waals surface area contributed by atoms with Crippen molar-refractivity contribution in [3.05, 3.63) is 0 Å². The zero-order valence-electron chi connectivity index (χ0n) is 44.6. The molecular weight excluding hydrogens is 1030 g/mol. The Hall–Kier alpha value is -2.51. The molecule has 27 nitrogen and oxygen atoms in total. The van der Waals surface area contributed by atoms with Gasteiger partial charge in [0, 0.05) is 45.4 Å². The van der Waals surface area contributed by atoms with Crippen LogP contribution in [-0.4, -0.2) is 131 Å². The largest absolute Gasteiger partial charge is 0.748 e. The smallest absolute Gasteiger partial charge is 0.340 e. The summed E-state index contributed by atoms with van der Waals surface area (Å²) in [6.07, 6.45) is 5.54. The van der Waals surface area contributed by atoms with Crippen molar-refractivity contribution in [2.24, 2.45) is 33.7 Å². The van der Waals surface area contributed by atoms with E-state index >= 15 is 0 Å². The molecule has 0 spiro atoms. The molecule has 32 heteroatoms. The number of hydrogen-bond donors (Lipinski definition) is 15. The molecular formula is C38H108N7O20P4S-. The van der Waals surface area contributed by atoms with Crippen LogP contribution in [0.15, 0.2) is 4.99 Å². The van der Waals surface area contributed by atoms with Gasteiger partial charge in [0.15, 0.2) is 11.4 Å². The van der Waals surface area contributed by atoms with Gasteiger partial charge in [0.1, 0.15) is 12.1 Å². The van der Waals surface area contributed by atoms with Crippen LogP contribution in [0.25, 0.3) is 0 Å². The van der Waals surface area contributed by atoms with E-state index in [4.69, 9.17) is 90.4 Å². The third kappa shape index (κ3) is 538. The molecule has 0 aromatic carbocycles. The first-order valence-electron chi connectivity index (χ1n) is 20.7. The Labute approximate surface area is 424 Å². The van der Waals surface area contributed by atoms with Crippen molar-refractivity contribution in [1.29, 1.82) is 5.41 Å². The van der Waals surface area contributed by atoms with E-state index in [0.717, 1.165) is 25.9 Å².